The fourth-order valence-corrected chi connectivity index (χ4v) is 5.38. The second-order valence-corrected chi connectivity index (χ2v) is 9.80. The lowest BCUT2D eigenvalue weighted by atomic mass is 9.81. The van der Waals surface area contributed by atoms with E-state index in [9.17, 15) is 14.9 Å². The molecule has 0 spiro atoms. The van der Waals surface area contributed by atoms with Gasteiger partial charge in [-0.15, -0.1) is 11.3 Å². The van der Waals surface area contributed by atoms with Gasteiger partial charge in [0.2, 0.25) is 5.91 Å². The number of ether oxygens (including phenoxy) is 1. The number of carbonyl (C=O) groups excluding carboxylic acids is 2. The topological polar surface area (TPSA) is 116 Å². The van der Waals surface area contributed by atoms with E-state index in [1.807, 2.05) is 49.4 Å². The first-order valence-electron chi connectivity index (χ1n) is 11.5. The van der Waals surface area contributed by atoms with Crippen LogP contribution in [0.2, 0.25) is 0 Å². The van der Waals surface area contributed by atoms with Gasteiger partial charge in [0, 0.05) is 34.1 Å². The van der Waals surface area contributed by atoms with Crippen molar-refractivity contribution in [3.8, 4) is 11.8 Å². The third kappa shape index (κ3) is 6.20. The number of thioether (sulfide) groups is 1. The van der Waals surface area contributed by atoms with Crippen molar-refractivity contribution in [1.82, 2.24) is 10.3 Å². The Morgan fingerprint density at radius 2 is 1.92 bits per heavy atom. The molecular formula is C27H25N5O3S2. The van der Waals surface area contributed by atoms with Crippen molar-refractivity contribution in [2.24, 2.45) is 0 Å². The summed E-state index contributed by atoms with van der Waals surface area (Å²) in [6.07, 6.45) is 1.61. The van der Waals surface area contributed by atoms with Crippen LogP contribution in [0.25, 0.3) is 0 Å². The van der Waals surface area contributed by atoms with Crippen LogP contribution in [-0.2, 0) is 9.59 Å². The lowest BCUT2D eigenvalue weighted by Gasteiger charge is -2.30. The molecule has 4 rings (SSSR count). The third-order valence-electron chi connectivity index (χ3n) is 5.48. The number of dihydropyridines is 1. The largest absolute Gasteiger partial charge is 0.494 e. The number of thiazole rings is 1. The van der Waals surface area contributed by atoms with Gasteiger partial charge in [-0.25, -0.2) is 4.98 Å². The van der Waals surface area contributed by atoms with E-state index in [-0.39, 0.29) is 17.6 Å². The van der Waals surface area contributed by atoms with E-state index < -0.39 is 5.92 Å². The standard InChI is InChI=1S/C27H25N5O3S2/c1-3-35-21-12-8-7-11-19(21)24-20(15-28)26(37-16-22(33)32-27-29-13-14-36-27)30-17(2)23(24)25(34)31-18-9-5-4-6-10-18/h4-14,24,30H,3,16H2,1-2H3,(H,31,34)(H,29,32,33)/t24-/m1/s1. The Hall–Kier alpha value is -4.07. The zero-order valence-electron chi connectivity index (χ0n) is 20.3. The Morgan fingerprint density at radius 1 is 1.16 bits per heavy atom. The SMILES string of the molecule is CCOc1ccccc1[C@@H]1C(C#N)=C(SCC(=O)Nc2nccs2)NC(C)=C1C(=O)Nc1ccccc1. The lowest BCUT2D eigenvalue weighted by Crippen LogP contribution is -2.31. The number of para-hydroxylation sites is 2. The van der Waals surface area contributed by atoms with Crippen molar-refractivity contribution in [3.05, 3.63) is 93.6 Å². The number of aromatic nitrogens is 1. The number of nitrogens with zero attached hydrogens (tertiary/aromatic N) is 2. The summed E-state index contributed by atoms with van der Waals surface area (Å²) in [6, 6.07) is 18.8. The van der Waals surface area contributed by atoms with Crippen molar-refractivity contribution < 1.29 is 14.3 Å². The number of nitrogens with one attached hydrogen (secondary N) is 3. The molecule has 0 unspecified atom stereocenters. The highest BCUT2D eigenvalue weighted by Crippen LogP contribution is 2.44. The Kier molecular flexibility index (Phi) is 8.61. The van der Waals surface area contributed by atoms with E-state index in [1.54, 1.807) is 30.6 Å². The molecule has 2 aromatic carbocycles. The number of amides is 2. The number of anilines is 2. The van der Waals surface area contributed by atoms with Gasteiger partial charge in [0.05, 0.1) is 34.9 Å². The quantitative estimate of drug-likeness (QED) is 0.345. The second-order valence-electron chi connectivity index (χ2n) is 7.92. The number of nitriles is 1. The highest BCUT2D eigenvalue weighted by Gasteiger charge is 2.36. The summed E-state index contributed by atoms with van der Waals surface area (Å²) < 4.78 is 5.87. The first-order valence-corrected chi connectivity index (χ1v) is 13.4. The molecular weight excluding hydrogens is 506 g/mol. The van der Waals surface area contributed by atoms with Gasteiger partial charge in [-0.2, -0.15) is 5.26 Å². The molecule has 8 nitrogen and oxygen atoms in total. The van der Waals surface area contributed by atoms with Gasteiger partial charge >= 0.3 is 0 Å². The minimum absolute atomic E-state index is 0.0613. The van der Waals surface area contributed by atoms with E-state index in [2.05, 4.69) is 27.0 Å². The predicted octanol–water partition coefficient (Wildman–Crippen LogP) is 5.25. The molecule has 10 heteroatoms. The third-order valence-corrected chi connectivity index (χ3v) is 7.19. The van der Waals surface area contributed by atoms with Crippen LogP contribution in [0.1, 0.15) is 25.3 Å². The van der Waals surface area contributed by atoms with E-state index in [0.29, 0.717) is 50.6 Å². The monoisotopic (exact) mass is 531 g/mol. The number of rotatable bonds is 9. The average Bonchev–Trinajstić information content (AvgIpc) is 3.41. The van der Waals surface area contributed by atoms with E-state index >= 15 is 0 Å². The second kappa shape index (κ2) is 12.3. The van der Waals surface area contributed by atoms with Crippen molar-refractivity contribution in [2.75, 3.05) is 23.0 Å². The summed E-state index contributed by atoms with van der Waals surface area (Å²) in [6.45, 7) is 4.10. The Balaban J connectivity index is 1.70. The van der Waals surface area contributed by atoms with Crippen LogP contribution < -0.4 is 20.7 Å². The van der Waals surface area contributed by atoms with Crippen molar-refractivity contribution in [1.29, 1.82) is 5.26 Å². The summed E-state index contributed by atoms with van der Waals surface area (Å²) in [4.78, 5) is 30.2. The van der Waals surface area contributed by atoms with E-state index in [1.165, 1.54) is 23.1 Å². The van der Waals surface area contributed by atoms with Crippen LogP contribution >= 0.6 is 23.1 Å². The Bertz CT molecular complexity index is 1380. The molecule has 0 bridgehead atoms. The molecule has 0 radical (unpaired) electrons. The maximum absolute atomic E-state index is 13.6. The molecule has 0 fully saturated rings. The summed E-state index contributed by atoms with van der Waals surface area (Å²) in [5, 5.41) is 22.0. The van der Waals surface area contributed by atoms with Gasteiger partial charge in [-0.05, 0) is 32.0 Å². The molecule has 0 saturated heterocycles. The summed E-state index contributed by atoms with van der Waals surface area (Å²) in [5.74, 6) is -0.611. The number of allylic oxidation sites excluding steroid dienone is 2. The van der Waals surface area contributed by atoms with Gasteiger partial charge in [0.25, 0.3) is 5.91 Å². The average molecular weight is 532 g/mol. The minimum Gasteiger partial charge on any atom is -0.494 e. The van der Waals surface area contributed by atoms with Gasteiger partial charge in [-0.3, -0.25) is 9.59 Å². The van der Waals surface area contributed by atoms with Crippen molar-refractivity contribution in [2.45, 2.75) is 19.8 Å². The van der Waals surface area contributed by atoms with E-state index in [4.69, 9.17) is 4.74 Å². The van der Waals surface area contributed by atoms with Gasteiger partial charge in [-0.1, -0.05) is 48.2 Å². The predicted molar refractivity (Wildman–Crippen MR) is 147 cm³/mol. The maximum atomic E-state index is 13.6. The number of hydrogen-bond donors (Lipinski definition) is 3. The molecule has 1 aliphatic rings. The lowest BCUT2D eigenvalue weighted by molar-refractivity contribution is -0.114. The van der Waals surface area contributed by atoms with Crippen LogP contribution in [0, 0.1) is 11.3 Å². The fraction of sp³-hybridized carbons (Fsp3) is 0.185. The van der Waals surface area contributed by atoms with Crippen LogP contribution in [0.15, 0.2) is 88.0 Å². The molecule has 1 atom stereocenters. The molecule has 0 aliphatic carbocycles. The van der Waals surface area contributed by atoms with Crippen LogP contribution in [-0.4, -0.2) is 29.2 Å². The zero-order chi connectivity index (χ0) is 26.2. The highest BCUT2D eigenvalue weighted by molar-refractivity contribution is 8.03. The highest BCUT2D eigenvalue weighted by atomic mass is 32.2. The van der Waals surface area contributed by atoms with Crippen LogP contribution in [0.5, 0.6) is 5.75 Å². The van der Waals surface area contributed by atoms with Crippen LogP contribution in [0.4, 0.5) is 10.8 Å². The molecule has 3 aromatic rings. The van der Waals surface area contributed by atoms with Gasteiger partial charge in [0.1, 0.15) is 5.75 Å². The minimum atomic E-state index is -0.692. The Labute approximate surface area is 223 Å². The number of hydrogen-bond acceptors (Lipinski definition) is 8. The first kappa shape index (κ1) is 26.0. The molecule has 2 heterocycles. The van der Waals surface area contributed by atoms with Crippen molar-refractivity contribution >= 4 is 45.7 Å². The summed E-state index contributed by atoms with van der Waals surface area (Å²) in [7, 11) is 0. The van der Waals surface area contributed by atoms with Gasteiger partial charge < -0.3 is 20.7 Å². The molecule has 0 saturated carbocycles. The molecule has 188 valence electrons. The molecule has 37 heavy (non-hydrogen) atoms. The molecule has 3 N–H and O–H groups in total. The van der Waals surface area contributed by atoms with E-state index in [0.717, 1.165) is 0 Å². The Morgan fingerprint density at radius 3 is 2.62 bits per heavy atom. The maximum Gasteiger partial charge on any atom is 0.254 e. The number of carbonyl (C=O) groups is 2. The molecule has 2 amide bonds. The van der Waals surface area contributed by atoms with Crippen LogP contribution in [0.3, 0.4) is 0 Å². The normalized spacial score (nSPS) is 15.0. The molecule has 1 aromatic heterocycles. The molecule has 1 aliphatic heterocycles. The zero-order valence-corrected chi connectivity index (χ0v) is 21.9. The van der Waals surface area contributed by atoms with Crippen molar-refractivity contribution in [3.63, 3.8) is 0 Å². The smallest absolute Gasteiger partial charge is 0.254 e. The first-order chi connectivity index (χ1) is 18.0. The fourth-order valence-electron chi connectivity index (χ4n) is 3.94. The number of benzene rings is 2. The summed E-state index contributed by atoms with van der Waals surface area (Å²) in [5.41, 5.74) is 2.68. The summed E-state index contributed by atoms with van der Waals surface area (Å²) >= 11 is 2.53. The van der Waals surface area contributed by atoms with Gasteiger partial charge in [0.15, 0.2) is 5.13 Å².